The van der Waals surface area contributed by atoms with E-state index in [0.717, 1.165) is 5.56 Å². The van der Waals surface area contributed by atoms with E-state index in [0.29, 0.717) is 28.2 Å². The van der Waals surface area contributed by atoms with Crippen molar-refractivity contribution < 1.29 is 19.4 Å². The molecule has 0 fully saturated rings. The topological polar surface area (TPSA) is 55.8 Å². The van der Waals surface area contributed by atoms with Gasteiger partial charge in [0.25, 0.3) is 0 Å². The highest BCUT2D eigenvalue weighted by Crippen LogP contribution is 2.32. The van der Waals surface area contributed by atoms with Gasteiger partial charge in [0, 0.05) is 17.7 Å². The second-order valence-corrected chi connectivity index (χ2v) is 5.63. The number of halogens is 2. The first-order valence-corrected chi connectivity index (χ1v) is 7.81. The SMILES string of the molecule is CCO[C@H](CC(=O)O)c1ccc(Oc2cc(Cl)ccc2Cl)cc1. The van der Waals surface area contributed by atoms with Gasteiger partial charge in [-0.3, -0.25) is 4.79 Å². The van der Waals surface area contributed by atoms with Crippen LogP contribution in [0.25, 0.3) is 0 Å². The van der Waals surface area contributed by atoms with Crippen LogP contribution < -0.4 is 4.74 Å². The lowest BCUT2D eigenvalue weighted by atomic mass is 10.1. The lowest BCUT2D eigenvalue weighted by Crippen LogP contribution is -2.10. The molecular formula is C17H16Cl2O4. The first-order valence-electron chi connectivity index (χ1n) is 7.06. The summed E-state index contributed by atoms with van der Waals surface area (Å²) in [5, 5.41) is 9.93. The predicted octanol–water partition coefficient (Wildman–Crippen LogP) is 5.34. The van der Waals surface area contributed by atoms with Gasteiger partial charge >= 0.3 is 5.97 Å². The van der Waals surface area contributed by atoms with Gasteiger partial charge < -0.3 is 14.6 Å². The van der Waals surface area contributed by atoms with Gasteiger partial charge in [0.15, 0.2) is 0 Å². The van der Waals surface area contributed by atoms with Gasteiger partial charge in [0.2, 0.25) is 0 Å². The monoisotopic (exact) mass is 354 g/mol. The third kappa shape index (κ3) is 5.13. The molecule has 2 aromatic carbocycles. The molecule has 0 aliphatic heterocycles. The van der Waals surface area contributed by atoms with Crippen molar-refractivity contribution >= 4 is 29.2 Å². The number of carboxylic acid groups (broad SMARTS) is 1. The molecular weight excluding hydrogens is 339 g/mol. The van der Waals surface area contributed by atoms with Crippen LogP contribution in [0.4, 0.5) is 0 Å². The summed E-state index contributed by atoms with van der Waals surface area (Å²) < 4.78 is 11.2. The number of carbonyl (C=O) groups is 1. The molecule has 2 rings (SSSR count). The van der Waals surface area contributed by atoms with Crippen LogP contribution in [0.5, 0.6) is 11.5 Å². The molecule has 2 aromatic rings. The minimum absolute atomic E-state index is 0.0891. The zero-order valence-corrected chi connectivity index (χ0v) is 14.0. The van der Waals surface area contributed by atoms with E-state index in [9.17, 15) is 4.79 Å². The Labute approximate surface area is 144 Å². The summed E-state index contributed by atoms with van der Waals surface area (Å²) in [4.78, 5) is 10.9. The van der Waals surface area contributed by atoms with Crippen LogP contribution in [0.2, 0.25) is 10.0 Å². The van der Waals surface area contributed by atoms with E-state index in [4.69, 9.17) is 37.8 Å². The molecule has 0 aliphatic rings. The highest BCUT2D eigenvalue weighted by molar-refractivity contribution is 6.34. The van der Waals surface area contributed by atoms with Gasteiger partial charge in [0.05, 0.1) is 17.5 Å². The van der Waals surface area contributed by atoms with Crippen LogP contribution >= 0.6 is 23.2 Å². The highest BCUT2D eigenvalue weighted by atomic mass is 35.5. The van der Waals surface area contributed by atoms with E-state index >= 15 is 0 Å². The van der Waals surface area contributed by atoms with Crippen molar-refractivity contribution in [3.05, 3.63) is 58.1 Å². The first kappa shape index (κ1) is 17.6. The Bertz CT molecular complexity index is 671. The van der Waals surface area contributed by atoms with Gasteiger partial charge in [-0.2, -0.15) is 0 Å². The lowest BCUT2D eigenvalue weighted by molar-refractivity contribution is -0.140. The van der Waals surface area contributed by atoms with Gasteiger partial charge in [-0.25, -0.2) is 0 Å². The van der Waals surface area contributed by atoms with Crippen molar-refractivity contribution in [1.29, 1.82) is 0 Å². The van der Waals surface area contributed by atoms with Gasteiger partial charge in [-0.05, 0) is 36.8 Å². The quantitative estimate of drug-likeness (QED) is 0.729. The van der Waals surface area contributed by atoms with Gasteiger partial charge in [-0.15, -0.1) is 0 Å². The zero-order chi connectivity index (χ0) is 16.8. The maximum absolute atomic E-state index is 10.9. The minimum atomic E-state index is -0.908. The lowest BCUT2D eigenvalue weighted by Gasteiger charge is -2.16. The minimum Gasteiger partial charge on any atom is -0.481 e. The van der Waals surface area contributed by atoms with Crippen molar-refractivity contribution in [2.75, 3.05) is 6.61 Å². The maximum atomic E-state index is 10.9. The fraction of sp³-hybridized carbons (Fsp3) is 0.235. The first-order chi connectivity index (χ1) is 11.0. The van der Waals surface area contributed by atoms with Crippen LogP contribution in [0.1, 0.15) is 25.0 Å². The number of hydrogen-bond acceptors (Lipinski definition) is 3. The predicted molar refractivity (Wildman–Crippen MR) is 89.6 cm³/mol. The molecule has 0 radical (unpaired) electrons. The Morgan fingerprint density at radius 2 is 1.87 bits per heavy atom. The number of carboxylic acids is 1. The number of benzene rings is 2. The summed E-state index contributed by atoms with van der Waals surface area (Å²) in [7, 11) is 0. The van der Waals surface area contributed by atoms with E-state index in [1.165, 1.54) is 0 Å². The summed E-state index contributed by atoms with van der Waals surface area (Å²) in [5.74, 6) is 0.122. The molecule has 0 saturated carbocycles. The molecule has 0 aromatic heterocycles. The largest absolute Gasteiger partial charge is 0.481 e. The number of ether oxygens (including phenoxy) is 2. The van der Waals surface area contributed by atoms with Crippen molar-refractivity contribution in [2.24, 2.45) is 0 Å². The number of aliphatic carboxylic acids is 1. The Balaban J connectivity index is 2.14. The van der Waals surface area contributed by atoms with E-state index in [2.05, 4.69) is 0 Å². The van der Waals surface area contributed by atoms with Crippen molar-refractivity contribution in [2.45, 2.75) is 19.4 Å². The fourth-order valence-corrected chi connectivity index (χ4v) is 2.38. The molecule has 0 unspecified atom stereocenters. The van der Waals surface area contributed by atoms with Gasteiger partial charge in [0.1, 0.15) is 11.5 Å². The molecule has 122 valence electrons. The molecule has 6 heteroatoms. The highest BCUT2D eigenvalue weighted by Gasteiger charge is 2.16. The van der Waals surface area contributed by atoms with Crippen LogP contribution in [0.15, 0.2) is 42.5 Å². The van der Waals surface area contributed by atoms with Crippen molar-refractivity contribution in [3.8, 4) is 11.5 Å². The molecule has 0 amide bonds. The summed E-state index contributed by atoms with van der Waals surface area (Å²) in [6, 6.07) is 12.0. The fourth-order valence-electron chi connectivity index (χ4n) is 2.07. The molecule has 0 aliphatic carbocycles. The molecule has 1 atom stereocenters. The Hall–Kier alpha value is -1.75. The van der Waals surface area contributed by atoms with E-state index in [1.54, 1.807) is 42.5 Å². The number of hydrogen-bond donors (Lipinski definition) is 1. The van der Waals surface area contributed by atoms with Gasteiger partial charge in [-0.1, -0.05) is 35.3 Å². The molecule has 0 saturated heterocycles. The van der Waals surface area contributed by atoms with Crippen LogP contribution in [-0.4, -0.2) is 17.7 Å². The van der Waals surface area contributed by atoms with Crippen molar-refractivity contribution in [1.82, 2.24) is 0 Å². The Kier molecular flexibility index (Phi) is 6.28. The Morgan fingerprint density at radius 3 is 2.48 bits per heavy atom. The normalized spacial score (nSPS) is 12.0. The average molecular weight is 355 g/mol. The second-order valence-electron chi connectivity index (χ2n) is 4.79. The Morgan fingerprint density at radius 1 is 1.17 bits per heavy atom. The molecule has 0 heterocycles. The van der Waals surface area contributed by atoms with Crippen LogP contribution in [-0.2, 0) is 9.53 Å². The summed E-state index contributed by atoms with van der Waals surface area (Å²) in [6.07, 6.45) is -0.574. The van der Waals surface area contributed by atoms with Crippen LogP contribution in [0.3, 0.4) is 0 Å². The average Bonchev–Trinajstić information content (AvgIpc) is 2.51. The van der Waals surface area contributed by atoms with E-state index < -0.39 is 12.1 Å². The molecule has 0 bridgehead atoms. The molecule has 0 spiro atoms. The van der Waals surface area contributed by atoms with E-state index in [1.807, 2.05) is 6.92 Å². The smallest absolute Gasteiger partial charge is 0.306 e. The van der Waals surface area contributed by atoms with E-state index in [-0.39, 0.29) is 6.42 Å². The third-order valence-electron chi connectivity index (χ3n) is 3.10. The standard InChI is InChI=1S/C17H16Cl2O4/c1-2-22-15(10-17(20)21)11-3-6-13(7-4-11)23-16-9-12(18)5-8-14(16)19/h3-9,15H,2,10H2,1H3,(H,20,21)/t15-/m1/s1. The zero-order valence-electron chi connectivity index (χ0n) is 12.5. The summed E-state index contributed by atoms with van der Waals surface area (Å²) in [6.45, 7) is 2.27. The summed E-state index contributed by atoms with van der Waals surface area (Å²) >= 11 is 12.0. The molecule has 4 nitrogen and oxygen atoms in total. The molecule has 1 N–H and O–H groups in total. The maximum Gasteiger partial charge on any atom is 0.306 e. The second kappa shape index (κ2) is 8.20. The van der Waals surface area contributed by atoms with Crippen LogP contribution in [0, 0.1) is 0 Å². The third-order valence-corrected chi connectivity index (χ3v) is 3.65. The molecule has 23 heavy (non-hydrogen) atoms. The summed E-state index contributed by atoms with van der Waals surface area (Å²) in [5.41, 5.74) is 0.777. The van der Waals surface area contributed by atoms with Crippen molar-refractivity contribution in [3.63, 3.8) is 0 Å². The number of rotatable bonds is 7.